The lowest BCUT2D eigenvalue weighted by atomic mass is 9.87. The smallest absolute Gasteiger partial charge is 0.330 e. The monoisotopic (exact) mass is 208 g/mol. The van der Waals surface area contributed by atoms with Crippen molar-refractivity contribution in [2.45, 2.75) is 6.61 Å². The second-order valence-corrected chi connectivity index (χ2v) is 3.42. The average Bonchev–Trinajstić information content (AvgIpc) is 2.77. The molecule has 2 heterocycles. The van der Waals surface area contributed by atoms with Crippen LogP contribution in [0.4, 0.5) is 0 Å². The summed E-state index contributed by atoms with van der Waals surface area (Å²) < 4.78 is 10.8. The number of hydrogen-bond acceptors (Lipinski definition) is 3. The van der Waals surface area contributed by atoms with Crippen LogP contribution in [-0.2, 0) is 11.3 Å². The van der Waals surface area contributed by atoms with E-state index in [0.717, 1.165) is 16.8 Å². The van der Waals surface area contributed by atoms with Crippen molar-refractivity contribution in [1.29, 1.82) is 0 Å². The molecular formula is C12H7BNO2. The predicted octanol–water partition coefficient (Wildman–Crippen LogP) is 1.08. The molecule has 4 heteroatoms. The van der Waals surface area contributed by atoms with E-state index in [1.54, 1.807) is 13.6 Å². The number of nitrogens with zero attached hydrogens (tertiary/aromatic N) is 1. The van der Waals surface area contributed by atoms with Crippen molar-refractivity contribution in [3.8, 4) is 5.75 Å². The first-order valence-corrected chi connectivity index (χ1v) is 4.91. The minimum Gasteiger partial charge on any atom is -0.438 e. The quantitative estimate of drug-likeness (QED) is 0.510. The van der Waals surface area contributed by atoms with Gasteiger partial charge in [-0.2, -0.15) is 0 Å². The summed E-state index contributed by atoms with van der Waals surface area (Å²) in [5, 5.41) is 0. The van der Waals surface area contributed by atoms with E-state index in [-0.39, 0.29) is 0 Å². The summed E-state index contributed by atoms with van der Waals surface area (Å²) in [5.41, 5.74) is 7.74. The van der Waals surface area contributed by atoms with Crippen LogP contribution in [0.5, 0.6) is 5.75 Å². The lowest BCUT2D eigenvalue weighted by Gasteiger charge is -2.06. The normalized spacial score (nSPS) is 15.6. The maximum absolute atomic E-state index is 5.57. The molecule has 0 N–H and O–H groups in total. The van der Waals surface area contributed by atoms with Crippen LogP contribution in [0.25, 0.3) is 0 Å². The van der Waals surface area contributed by atoms with Gasteiger partial charge in [-0.3, -0.25) is 0 Å². The number of aliphatic imine (C=N–C) groups is 1. The molecule has 3 nitrogen and oxygen atoms in total. The highest BCUT2D eigenvalue weighted by molar-refractivity contribution is 6.48. The fourth-order valence-electron chi connectivity index (χ4n) is 1.56. The molecule has 1 radical (unpaired) electrons. The van der Waals surface area contributed by atoms with Crippen LogP contribution in [-0.4, -0.2) is 13.4 Å². The Kier molecular flexibility index (Phi) is 2.24. The number of rotatable bonds is 1. The molecule has 16 heavy (non-hydrogen) atoms. The van der Waals surface area contributed by atoms with Crippen molar-refractivity contribution < 1.29 is 9.39 Å². The lowest BCUT2D eigenvalue weighted by molar-refractivity contribution is 0.345. The summed E-state index contributed by atoms with van der Waals surface area (Å²) in [4.78, 5) is 4.02. The van der Waals surface area contributed by atoms with Crippen molar-refractivity contribution in [2.24, 2.45) is 4.99 Å². The third-order valence-electron chi connectivity index (χ3n) is 2.32. The van der Waals surface area contributed by atoms with E-state index in [9.17, 15) is 0 Å². The van der Waals surface area contributed by atoms with Crippen molar-refractivity contribution in [3.05, 3.63) is 47.5 Å². The molecule has 0 aliphatic carbocycles. The molecular weight excluding hydrogens is 201 g/mol. The van der Waals surface area contributed by atoms with E-state index in [2.05, 4.69) is 16.5 Å². The molecule has 0 amide bonds. The Morgan fingerprint density at radius 1 is 1.38 bits per heavy atom. The summed E-state index contributed by atoms with van der Waals surface area (Å²) in [6.07, 6.45) is 3.18. The molecule has 1 aromatic rings. The Morgan fingerprint density at radius 2 is 2.38 bits per heavy atom. The highest BCUT2D eigenvalue weighted by Gasteiger charge is 2.14. The van der Waals surface area contributed by atoms with Gasteiger partial charge in [-0.05, 0) is 28.9 Å². The number of fused-ring (bicyclic) bond motifs is 1. The second kappa shape index (κ2) is 3.88. The van der Waals surface area contributed by atoms with Crippen LogP contribution in [0.15, 0.2) is 46.9 Å². The number of ether oxygens (including phenoxy) is 1. The van der Waals surface area contributed by atoms with E-state index in [1.807, 2.05) is 18.2 Å². The summed E-state index contributed by atoms with van der Waals surface area (Å²) in [5.74, 6) is 1.27. The van der Waals surface area contributed by atoms with Gasteiger partial charge in [0.15, 0.2) is 0 Å². The molecule has 0 spiro atoms. The minimum atomic E-state index is 0.515. The van der Waals surface area contributed by atoms with E-state index in [0.29, 0.717) is 12.5 Å². The summed E-state index contributed by atoms with van der Waals surface area (Å²) >= 11 is 0. The maximum Gasteiger partial charge on any atom is 0.330 e. The van der Waals surface area contributed by atoms with Crippen molar-refractivity contribution >= 4 is 18.8 Å². The highest BCUT2D eigenvalue weighted by atomic mass is 16.5. The fraction of sp³-hybridized carbons (Fsp3) is 0.0833. The van der Waals surface area contributed by atoms with Crippen LogP contribution in [0.1, 0.15) is 5.56 Å². The molecule has 0 unspecified atom stereocenters. The summed E-state index contributed by atoms with van der Waals surface area (Å²) in [6.45, 7) is 0.606. The van der Waals surface area contributed by atoms with Crippen molar-refractivity contribution in [1.82, 2.24) is 0 Å². The van der Waals surface area contributed by atoms with E-state index in [1.165, 1.54) is 6.20 Å². The Hall–Kier alpha value is -1.99. The molecule has 0 fully saturated rings. The first-order chi connectivity index (χ1) is 7.92. The maximum atomic E-state index is 5.57. The molecule has 75 valence electrons. The Labute approximate surface area is 93.7 Å². The van der Waals surface area contributed by atoms with Gasteiger partial charge in [0.2, 0.25) is 5.90 Å². The topological polar surface area (TPSA) is 30.8 Å². The highest BCUT2D eigenvalue weighted by Crippen LogP contribution is 2.16. The van der Waals surface area contributed by atoms with E-state index < -0.39 is 0 Å². The van der Waals surface area contributed by atoms with Crippen molar-refractivity contribution in [2.75, 3.05) is 0 Å². The van der Waals surface area contributed by atoms with Crippen molar-refractivity contribution in [3.63, 3.8) is 0 Å². The van der Waals surface area contributed by atoms with Gasteiger partial charge in [-0.25, -0.2) is 4.99 Å². The molecule has 0 aromatic heterocycles. The van der Waals surface area contributed by atoms with Gasteiger partial charge < -0.3 is 9.39 Å². The van der Waals surface area contributed by atoms with Gasteiger partial charge in [0.05, 0.1) is 18.9 Å². The number of hydrogen-bond donors (Lipinski definition) is 0. The predicted molar refractivity (Wildman–Crippen MR) is 60.8 cm³/mol. The minimum absolute atomic E-state index is 0.515. The SMILES string of the molecule is [B]1OCc2cc(OC3=NC=C=C=C3)ccc21. The zero-order valence-corrected chi connectivity index (χ0v) is 8.43. The molecule has 1 aromatic carbocycles. The Morgan fingerprint density at radius 3 is 3.25 bits per heavy atom. The first kappa shape index (κ1) is 9.26. The zero-order chi connectivity index (χ0) is 10.8. The van der Waals surface area contributed by atoms with Gasteiger partial charge in [0.1, 0.15) is 5.75 Å². The standard InChI is InChI=1S/C12H7BNO2/c1-2-6-14-12(3-1)16-10-4-5-11-9(7-10)8-15-13-11/h3-7H,8H2. The van der Waals surface area contributed by atoms with Crippen LogP contribution in [0.3, 0.4) is 0 Å². The summed E-state index contributed by atoms with van der Waals surface area (Å²) in [7, 11) is 1.75. The Balaban J connectivity index is 1.83. The van der Waals surface area contributed by atoms with Gasteiger partial charge in [0.25, 0.3) is 0 Å². The Bertz CT molecular complexity index is 564. The average molecular weight is 208 g/mol. The fourth-order valence-corrected chi connectivity index (χ4v) is 1.56. The van der Waals surface area contributed by atoms with E-state index >= 15 is 0 Å². The molecule has 0 saturated heterocycles. The second-order valence-electron chi connectivity index (χ2n) is 3.42. The lowest BCUT2D eigenvalue weighted by Crippen LogP contribution is -2.12. The zero-order valence-electron chi connectivity index (χ0n) is 8.43. The largest absolute Gasteiger partial charge is 0.438 e. The van der Waals surface area contributed by atoms with Crippen LogP contribution in [0, 0.1) is 0 Å². The van der Waals surface area contributed by atoms with Gasteiger partial charge in [-0.15, -0.1) is 0 Å². The van der Waals surface area contributed by atoms with Crippen LogP contribution < -0.4 is 10.2 Å². The molecule has 3 rings (SSSR count). The molecule has 2 aliphatic rings. The number of benzene rings is 1. The molecule has 0 atom stereocenters. The third-order valence-corrected chi connectivity index (χ3v) is 2.32. The van der Waals surface area contributed by atoms with Crippen LogP contribution in [0.2, 0.25) is 0 Å². The molecule has 2 aliphatic heterocycles. The third kappa shape index (κ3) is 1.73. The van der Waals surface area contributed by atoms with Gasteiger partial charge in [0, 0.05) is 0 Å². The molecule has 0 bridgehead atoms. The van der Waals surface area contributed by atoms with Gasteiger partial charge in [-0.1, -0.05) is 11.8 Å². The van der Waals surface area contributed by atoms with Gasteiger partial charge >= 0.3 is 7.48 Å². The molecule has 0 saturated carbocycles. The summed E-state index contributed by atoms with van der Waals surface area (Å²) in [6, 6.07) is 5.82. The first-order valence-electron chi connectivity index (χ1n) is 4.91. The van der Waals surface area contributed by atoms with E-state index in [4.69, 9.17) is 9.39 Å². The van der Waals surface area contributed by atoms with Crippen LogP contribution >= 0.6 is 0 Å².